The van der Waals surface area contributed by atoms with E-state index in [2.05, 4.69) is 0 Å². The van der Waals surface area contributed by atoms with Crippen molar-refractivity contribution >= 4 is 5.78 Å². The number of hydrogen-bond acceptors (Lipinski definition) is 6. The van der Waals surface area contributed by atoms with Gasteiger partial charge in [0.1, 0.15) is 23.4 Å². The van der Waals surface area contributed by atoms with Gasteiger partial charge in [0.05, 0.1) is 23.7 Å². The van der Waals surface area contributed by atoms with Gasteiger partial charge in [-0.1, -0.05) is 12.1 Å². The van der Waals surface area contributed by atoms with Gasteiger partial charge in [0.25, 0.3) is 0 Å². The minimum atomic E-state index is -1.37. The number of ketones is 1. The molecule has 6 nitrogen and oxygen atoms in total. The number of phenols is 2. The molecule has 2 aromatic carbocycles. The number of fused-ring (bicyclic) bond motifs is 1. The van der Waals surface area contributed by atoms with Crippen LogP contribution in [0.4, 0.5) is 0 Å². The summed E-state index contributed by atoms with van der Waals surface area (Å²) in [5.41, 5.74) is -0.0200. The second-order valence-electron chi connectivity index (χ2n) is 7.14. The fraction of sp³-hybridized carbons (Fsp3) is 0.350. The molecule has 0 radical (unpaired) electrons. The smallest absolute Gasteiger partial charge is 0.170 e. The Kier molecular flexibility index (Phi) is 4.64. The average molecular weight is 358 g/mol. The van der Waals surface area contributed by atoms with E-state index in [1.165, 1.54) is 38.1 Å². The standard InChI is InChI=1S/C20H22O6/c1-20(2,25)18(24)9-14-15(22)8-7-13-16(23)10-17(26-19(13)14)11-3-5-12(21)6-4-11/h3-8,17-18,21-22,24-25H,9-10H2,1-2H3. The monoisotopic (exact) mass is 358 g/mol. The molecule has 3 rings (SSSR count). The van der Waals surface area contributed by atoms with Crippen LogP contribution in [0.25, 0.3) is 0 Å². The lowest BCUT2D eigenvalue weighted by molar-refractivity contribution is -0.0474. The first-order chi connectivity index (χ1) is 12.2. The topological polar surface area (TPSA) is 107 Å². The predicted octanol–water partition coefficient (Wildman–Crippen LogP) is 2.48. The maximum Gasteiger partial charge on any atom is 0.170 e. The molecule has 138 valence electrons. The van der Waals surface area contributed by atoms with E-state index >= 15 is 0 Å². The molecule has 0 aliphatic carbocycles. The van der Waals surface area contributed by atoms with Gasteiger partial charge in [-0.05, 0) is 43.7 Å². The Hall–Kier alpha value is -2.57. The first-order valence-corrected chi connectivity index (χ1v) is 8.41. The molecule has 2 aromatic rings. The summed E-state index contributed by atoms with van der Waals surface area (Å²) in [5, 5.41) is 39.9. The highest BCUT2D eigenvalue weighted by molar-refractivity contribution is 6.00. The number of aromatic hydroxyl groups is 2. The number of aliphatic hydroxyl groups excluding tert-OH is 1. The minimum Gasteiger partial charge on any atom is -0.508 e. The second-order valence-corrected chi connectivity index (χ2v) is 7.14. The molecule has 0 amide bonds. The average Bonchev–Trinajstić information content (AvgIpc) is 2.57. The number of hydrogen-bond donors (Lipinski definition) is 4. The summed E-state index contributed by atoms with van der Waals surface area (Å²) in [6.07, 6.45) is -1.63. The Morgan fingerprint density at radius 1 is 1.15 bits per heavy atom. The van der Waals surface area contributed by atoms with Gasteiger partial charge >= 0.3 is 0 Å². The molecule has 0 fully saturated rings. The molecule has 0 aromatic heterocycles. The zero-order valence-electron chi connectivity index (χ0n) is 14.6. The zero-order valence-corrected chi connectivity index (χ0v) is 14.6. The molecule has 0 bridgehead atoms. The molecule has 1 aliphatic heterocycles. The first kappa shape index (κ1) is 18.2. The first-order valence-electron chi connectivity index (χ1n) is 8.41. The van der Waals surface area contributed by atoms with Crippen LogP contribution in [0.3, 0.4) is 0 Å². The number of Topliss-reactive ketones (excluding diaryl/α,β-unsaturated/α-hetero) is 1. The van der Waals surface area contributed by atoms with Gasteiger partial charge in [-0.25, -0.2) is 0 Å². The van der Waals surface area contributed by atoms with Crippen molar-refractivity contribution in [3.05, 3.63) is 53.1 Å². The van der Waals surface area contributed by atoms with Crippen LogP contribution in [0, 0.1) is 0 Å². The Bertz CT molecular complexity index is 819. The van der Waals surface area contributed by atoms with E-state index < -0.39 is 17.8 Å². The van der Waals surface area contributed by atoms with Crippen LogP contribution in [0.5, 0.6) is 17.2 Å². The highest BCUT2D eigenvalue weighted by Crippen LogP contribution is 2.41. The van der Waals surface area contributed by atoms with E-state index in [0.717, 1.165) is 5.56 Å². The van der Waals surface area contributed by atoms with Crippen LogP contribution in [0.15, 0.2) is 36.4 Å². The summed E-state index contributed by atoms with van der Waals surface area (Å²) in [4.78, 5) is 12.6. The van der Waals surface area contributed by atoms with Crippen molar-refractivity contribution in [1.29, 1.82) is 0 Å². The predicted molar refractivity (Wildman–Crippen MR) is 94.5 cm³/mol. The van der Waals surface area contributed by atoms with Crippen molar-refractivity contribution in [2.75, 3.05) is 0 Å². The van der Waals surface area contributed by atoms with Crippen LogP contribution in [-0.2, 0) is 6.42 Å². The van der Waals surface area contributed by atoms with Gasteiger partial charge < -0.3 is 25.2 Å². The largest absolute Gasteiger partial charge is 0.508 e. The fourth-order valence-corrected chi connectivity index (χ4v) is 2.95. The molecule has 0 saturated carbocycles. The van der Waals surface area contributed by atoms with E-state index in [0.29, 0.717) is 5.56 Å². The van der Waals surface area contributed by atoms with Gasteiger partial charge in [-0.15, -0.1) is 0 Å². The highest BCUT2D eigenvalue weighted by Gasteiger charge is 2.33. The number of carbonyl (C=O) groups is 1. The van der Waals surface area contributed by atoms with Crippen molar-refractivity contribution < 1.29 is 30.0 Å². The number of aliphatic hydroxyl groups is 2. The van der Waals surface area contributed by atoms with Crippen LogP contribution in [-0.4, -0.2) is 37.9 Å². The number of rotatable bonds is 4. The van der Waals surface area contributed by atoms with Crippen LogP contribution in [0.1, 0.15) is 47.9 Å². The maximum absolute atomic E-state index is 12.6. The summed E-state index contributed by atoms with van der Waals surface area (Å²) in [7, 11) is 0. The van der Waals surface area contributed by atoms with Crippen LogP contribution >= 0.6 is 0 Å². The molecular weight excluding hydrogens is 336 g/mol. The summed E-state index contributed by atoms with van der Waals surface area (Å²) in [5.74, 6) is 0.0973. The van der Waals surface area contributed by atoms with Crippen LogP contribution in [0.2, 0.25) is 0 Å². The number of benzene rings is 2. The number of carbonyl (C=O) groups excluding carboxylic acids is 1. The van der Waals surface area contributed by atoms with E-state index in [9.17, 15) is 25.2 Å². The highest BCUT2D eigenvalue weighted by atomic mass is 16.5. The van der Waals surface area contributed by atoms with Gasteiger partial charge in [0, 0.05) is 12.0 Å². The Morgan fingerprint density at radius 2 is 1.81 bits per heavy atom. The molecule has 1 aliphatic rings. The number of phenolic OH excluding ortho intramolecular Hbond substituents is 2. The third-order valence-corrected chi connectivity index (χ3v) is 4.64. The minimum absolute atomic E-state index is 0.0614. The lowest BCUT2D eigenvalue weighted by Crippen LogP contribution is -2.37. The second kappa shape index (κ2) is 6.63. The summed E-state index contributed by atoms with van der Waals surface area (Å²) in [6.45, 7) is 2.94. The molecule has 1 heterocycles. The third kappa shape index (κ3) is 3.52. The van der Waals surface area contributed by atoms with Crippen LogP contribution < -0.4 is 4.74 Å². The molecule has 0 spiro atoms. The van der Waals surface area contributed by atoms with Gasteiger partial charge in [-0.3, -0.25) is 4.79 Å². The summed E-state index contributed by atoms with van der Waals surface area (Å²) < 4.78 is 6.00. The summed E-state index contributed by atoms with van der Waals surface area (Å²) in [6, 6.07) is 9.27. The van der Waals surface area contributed by atoms with Crippen molar-refractivity contribution in [1.82, 2.24) is 0 Å². The van der Waals surface area contributed by atoms with E-state index in [4.69, 9.17) is 4.74 Å². The van der Waals surface area contributed by atoms with Gasteiger partial charge in [-0.2, -0.15) is 0 Å². The van der Waals surface area contributed by atoms with Crippen molar-refractivity contribution in [2.24, 2.45) is 0 Å². The molecule has 0 saturated heterocycles. The molecule has 4 N–H and O–H groups in total. The van der Waals surface area contributed by atoms with Gasteiger partial charge in [0.15, 0.2) is 5.78 Å². The Morgan fingerprint density at radius 3 is 2.42 bits per heavy atom. The molecule has 2 atom stereocenters. The van der Waals surface area contributed by atoms with Crippen molar-refractivity contribution in [3.63, 3.8) is 0 Å². The van der Waals surface area contributed by atoms with Crippen molar-refractivity contribution in [2.45, 2.75) is 44.5 Å². The van der Waals surface area contributed by atoms with E-state index in [-0.39, 0.29) is 41.4 Å². The van der Waals surface area contributed by atoms with E-state index in [1.54, 1.807) is 12.1 Å². The third-order valence-electron chi connectivity index (χ3n) is 4.64. The van der Waals surface area contributed by atoms with Crippen molar-refractivity contribution in [3.8, 4) is 17.2 Å². The zero-order chi connectivity index (χ0) is 19.1. The molecular formula is C20H22O6. The summed E-state index contributed by atoms with van der Waals surface area (Å²) >= 11 is 0. The lowest BCUT2D eigenvalue weighted by atomic mass is 9.90. The van der Waals surface area contributed by atoms with E-state index in [1.807, 2.05) is 0 Å². The Labute approximate surface area is 151 Å². The molecule has 6 heteroatoms. The SMILES string of the molecule is CC(C)(O)C(O)Cc1c(O)ccc2c1OC(c1ccc(O)cc1)CC2=O. The maximum atomic E-state index is 12.6. The van der Waals surface area contributed by atoms with Gasteiger partial charge in [0.2, 0.25) is 0 Å². The fourth-order valence-electron chi connectivity index (χ4n) is 2.95. The lowest BCUT2D eigenvalue weighted by Gasteiger charge is -2.30. The normalized spacial score (nSPS) is 18.2. The molecule has 26 heavy (non-hydrogen) atoms. The number of ether oxygens (including phenoxy) is 1. The quantitative estimate of drug-likeness (QED) is 0.669. The Balaban J connectivity index is 1.99. The molecule has 2 unspecified atom stereocenters.